The molecule has 0 spiro atoms. The molecule has 1 fully saturated rings. The van der Waals surface area contributed by atoms with Gasteiger partial charge in [-0.3, -0.25) is 4.79 Å². The van der Waals surface area contributed by atoms with E-state index >= 15 is 0 Å². The van der Waals surface area contributed by atoms with E-state index in [1.54, 1.807) is 18.2 Å². The summed E-state index contributed by atoms with van der Waals surface area (Å²) in [5.41, 5.74) is 0.533. The minimum atomic E-state index is -1.02. The third kappa shape index (κ3) is 3.38. The van der Waals surface area contributed by atoms with E-state index < -0.39 is 5.97 Å². The summed E-state index contributed by atoms with van der Waals surface area (Å²) in [6, 6.07) is 6.53. The summed E-state index contributed by atoms with van der Waals surface area (Å²) in [5.74, 6) is -0.311. The third-order valence-electron chi connectivity index (χ3n) is 4.21. The predicted molar refractivity (Wildman–Crippen MR) is 77.8 cm³/mol. The molecule has 0 unspecified atom stereocenters. The van der Waals surface area contributed by atoms with Crippen molar-refractivity contribution in [1.29, 1.82) is 0 Å². The standard InChI is InChI=1S/C16H21NO3/c1-2-11-7-9-12(10-8-11)15(18)17-14-6-4-3-5-13(14)16(19)20/h3-6,11-12H,2,7-10H2,1H3,(H,17,18)(H,19,20)/t11-,12-. The summed E-state index contributed by atoms with van der Waals surface area (Å²) in [5, 5.41) is 11.9. The van der Waals surface area contributed by atoms with Gasteiger partial charge in [-0.15, -0.1) is 0 Å². The highest BCUT2D eigenvalue weighted by atomic mass is 16.4. The first-order valence-electron chi connectivity index (χ1n) is 7.25. The van der Waals surface area contributed by atoms with E-state index in [0.29, 0.717) is 5.69 Å². The van der Waals surface area contributed by atoms with Crippen molar-refractivity contribution in [3.05, 3.63) is 29.8 Å². The molecule has 1 amide bonds. The van der Waals surface area contributed by atoms with E-state index in [0.717, 1.165) is 31.6 Å². The van der Waals surface area contributed by atoms with Crippen LogP contribution in [0.5, 0.6) is 0 Å². The van der Waals surface area contributed by atoms with Crippen molar-refractivity contribution >= 4 is 17.6 Å². The molecule has 1 aromatic carbocycles. The third-order valence-corrected chi connectivity index (χ3v) is 4.21. The molecule has 0 atom stereocenters. The molecule has 2 rings (SSSR count). The number of carboxylic acids is 1. The Bertz CT molecular complexity index is 490. The van der Waals surface area contributed by atoms with E-state index in [2.05, 4.69) is 12.2 Å². The highest BCUT2D eigenvalue weighted by Crippen LogP contribution is 2.31. The second-order valence-electron chi connectivity index (χ2n) is 5.47. The molecule has 0 heterocycles. The van der Waals surface area contributed by atoms with E-state index in [1.807, 2.05) is 0 Å². The molecule has 0 bridgehead atoms. The van der Waals surface area contributed by atoms with Gasteiger partial charge < -0.3 is 10.4 Å². The van der Waals surface area contributed by atoms with Crippen LogP contribution < -0.4 is 5.32 Å². The van der Waals surface area contributed by atoms with Gasteiger partial charge in [-0.25, -0.2) is 4.79 Å². The van der Waals surface area contributed by atoms with Gasteiger partial charge in [0.05, 0.1) is 11.3 Å². The minimum Gasteiger partial charge on any atom is -0.478 e. The molecule has 108 valence electrons. The summed E-state index contributed by atoms with van der Waals surface area (Å²) in [4.78, 5) is 23.3. The minimum absolute atomic E-state index is 0.0136. The van der Waals surface area contributed by atoms with Crippen LogP contribution in [0.25, 0.3) is 0 Å². The highest BCUT2D eigenvalue weighted by molar-refractivity contribution is 6.01. The van der Waals surface area contributed by atoms with Crippen molar-refractivity contribution in [2.75, 3.05) is 5.32 Å². The molecule has 0 saturated heterocycles. The van der Waals surface area contributed by atoms with Crippen LogP contribution in [0.3, 0.4) is 0 Å². The predicted octanol–water partition coefficient (Wildman–Crippen LogP) is 3.54. The Hall–Kier alpha value is -1.84. The number of nitrogens with one attached hydrogen (secondary N) is 1. The molecule has 1 aromatic rings. The number of carbonyl (C=O) groups excluding carboxylic acids is 1. The van der Waals surface area contributed by atoms with Crippen molar-refractivity contribution in [2.45, 2.75) is 39.0 Å². The second-order valence-corrected chi connectivity index (χ2v) is 5.47. The van der Waals surface area contributed by atoms with Gasteiger partial charge >= 0.3 is 5.97 Å². The average Bonchev–Trinajstić information content (AvgIpc) is 2.47. The van der Waals surface area contributed by atoms with Crippen LogP contribution in [-0.4, -0.2) is 17.0 Å². The monoisotopic (exact) mass is 275 g/mol. The van der Waals surface area contributed by atoms with Gasteiger partial charge in [0.1, 0.15) is 0 Å². The van der Waals surface area contributed by atoms with Crippen molar-refractivity contribution in [3.63, 3.8) is 0 Å². The van der Waals surface area contributed by atoms with Gasteiger partial charge in [0, 0.05) is 5.92 Å². The van der Waals surface area contributed by atoms with Crippen LogP contribution in [0.1, 0.15) is 49.4 Å². The number of carbonyl (C=O) groups is 2. The maximum atomic E-state index is 12.2. The van der Waals surface area contributed by atoms with Crippen LogP contribution in [0.2, 0.25) is 0 Å². The Morgan fingerprint density at radius 3 is 2.45 bits per heavy atom. The quantitative estimate of drug-likeness (QED) is 0.883. The molecule has 1 saturated carbocycles. The summed E-state index contributed by atoms with van der Waals surface area (Å²) >= 11 is 0. The molecule has 1 aliphatic rings. The fourth-order valence-electron chi connectivity index (χ4n) is 2.85. The van der Waals surface area contributed by atoms with Crippen molar-refractivity contribution in [2.24, 2.45) is 11.8 Å². The zero-order valence-corrected chi connectivity index (χ0v) is 11.8. The summed E-state index contributed by atoms with van der Waals surface area (Å²) in [6.07, 6.45) is 5.17. The Kier molecular flexibility index (Phi) is 4.77. The smallest absolute Gasteiger partial charge is 0.337 e. The molecule has 20 heavy (non-hydrogen) atoms. The average molecular weight is 275 g/mol. The normalized spacial score (nSPS) is 22.2. The number of aromatic carboxylic acids is 1. The first-order chi connectivity index (χ1) is 9.61. The Balaban J connectivity index is 2.00. The topological polar surface area (TPSA) is 66.4 Å². The Labute approximate surface area is 119 Å². The van der Waals surface area contributed by atoms with E-state index in [4.69, 9.17) is 5.11 Å². The summed E-state index contributed by atoms with van der Waals surface area (Å²) in [6.45, 7) is 2.19. The number of benzene rings is 1. The van der Waals surface area contributed by atoms with E-state index in [9.17, 15) is 9.59 Å². The first-order valence-corrected chi connectivity index (χ1v) is 7.25. The largest absolute Gasteiger partial charge is 0.478 e. The van der Waals surface area contributed by atoms with Crippen LogP contribution in [0, 0.1) is 11.8 Å². The van der Waals surface area contributed by atoms with E-state index in [1.165, 1.54) is 12.5 Å². The maximum Gasteiger partial charge on any atom is 0.337 e. The van der Waals surface area contributed by atoms with Gasteiger partial charge in [-0.05, 0) is 43.7 Å². The highest BCUT2D eigenvalue weighted by Gasteiger charge is 2.26. The van der Waals surface area contributed by atoms with Gasteiger partial charge in [-0.2, -0.15) is 0 Å². The molecular formula is C16H21NO3. The lowest BCUT2D eigenvalue weighted by Gasteiger charge is -2.27. The van der Waals surface area contributed by atoms with Crippen molar-refractivity contribution in [1.82, 2.24) is 0 Å². The van der Waals surface area contributed by atoms with Crippen LogP contribution in [0.15, 0.2) is 24.3 Å². The fraction of sp³-hybridized carbons (Fsp3) is 0.500. The number of anilines is 1. The summed E-state index contributed by atoms with van der Waals surface area (Å²) < 4.78 is 0. The molecule has 0 radical (unpaired) electrons. The second kappa shape index (κ2) is 6.55. The zero-order chi connectivity index (χ0) is 14.5. The number of amides is 1. The number of carboxylic acid groups (broad SMARTS) is 1. The summed E-state index contributed by atoms with van der Waals surface area (Å²) in [7, 11) is 0. The molecule has 0 aliphatic heterocycles. The molecule has 4 nitrogen and oxygen atoms in total. The molecule has 0 aromatic heterocycles. The molecular weight excluding hydrogens is 254 g/mol. The Morgan fingerprint density at radius 1 is 1.20 bits per heavy atom. The maximum absolute atomic E-state index is 12.2. The zero-order valence-electron chi connectivity index (χ0n) is 11.8. The lowest BCUT2D eigenvalue weighted by molar-refractivity contribution is -0.121. The van der Waals surface area contributed by atoms with Crippen LogP contribution in [0.4, 0.5) is 5.69 Å². The first kappa shape index (κ1) is 14.6. The van der Waals surface area contributed by atoms with Gasteiger partial charge in [0.2, 0.25) is 5.91 Å². The van der Waals surface area contributed by atoms with Crippen LogP contribution >= 0.6 is 0 Å². The van der Waals surface area contributed by atoms with Crippen molar-refractivity contribution in [3.8, 4) is 0 Å². The number of rotatable bonds is 4. The van der Waals surface area contributed by atoms with E-state index in [-0.39, 0.29) is 17.4 Å². The Morgan fingerprint density at radius 2 is 1.85 bits per heavy atom. The number of para-hydroxylation sites is 1. The van der Waals surface area contributed by atoms with Gasteiger partial charge in [0.25, 0.3) is 0 Å². The molecule has 4 heteroatoms. The number of hydrogen-bond acceptors (Lipinski definition) is 2. The molecule has 2 N–H and O–H groups in total. The lowest BCUT2D eigenvalue weighted by Crippen LogP contribution is -2.27. The fourth-order valence-corrected chi connectivity index (χ4v) is 2.85. The number of hydrogen-bond donors (Lipinski definition) is 2. The van der Waals surface area contributed by atoms with Crippen LogP contribution in [-0.2, 0) is 4.79 Å². The SMILES string of the molecule is CC[C@H]1CC[C@H](C(=O)Nc2ccccc2C(=O)O)CC1. The molecule has 1 aliphatic carbocycles. The van der Waals surface area contributed by atoms with Gasteiger partial charge in [-0.1, -0.05) is 25.5 Å². The van der Waals surface area contributed by atoms with Crippen molar-refractivity contribution < 1.29 is 14.7 Å². The lowest BCUT2D eigenvalue weighted by atomic mass is 9.80. The van der Waals surface area contributed by atoms with Gasteiger partial charge in [0.15, 0.2) is 0 Å².